The fourth-order valence-corrected chi connectivity index (χ4v) is 3.01. The van der Waals surface area contributed by atoms with Crippen LogP contribution in [0.4, 0.5) is 0 Å². The number of hydrazine groups is 1. The number of nitrogens with zero attached hydrogens (tertiary/aromatic N) is 4. The number of amidine groups is 1. The summed E-state index contributed by atoms with van der Waals surface area (Å²) in [4.78, 5) is 54.7. The van der Waals surface area contributed by atoms with Gasteiger partial charge in [-0.15, -0.1) is 10.1 Å². The van der Waals surface area contributed by atoms with Gasteiger partial charge in [0.15, 0.2) is 16.7 Å². The maximum absolute atomic E-state index is 12.6. The van der Waals surface area contributed by atoms with Gasteiger partial charge in [-0.3, -0.25) is 15.0 Å². The third kappa shape index (κ3) is 24.7. The number of hydrogen-bond acceptors (Lipinski definition) is 14. The van der Waals surface area contributed by atoms with E-state index in [0.29, 0.717) is 42.7 Å². The number of Topliss-reactive ketones (excluding diaryl/α,β-unsaturated/α-hetero) is 2. The van der Waals surface area contributed by atoms with E-state index in [2.05, 4.69) is 15.8 Å². The molecule has 7 N–H and O–H groups in total. The number of ketones is 2. The molecule has 0 aromatic rings. The Hall–Kier alpha value is -3.64. The van der Waals surface area contributed by atoms with Gasteiger partial charge in [0.1, 0.15) is 23.0 Å². The molecule has 0 spiro atoms. The number of ether oxygens (including phenoxy) is 4. The van der Waals surface area contributed by atoms with Crippen LogP contribution in [0.5, 0.6) is 0 Å². The maximum atomic E-state index is 12.6. The van der Waals surface area contributed by atoms with Crippen LogP contribution in [0, 0.1) is 59.9 Å². The van der Waals surface area contributed by atoms with E-state index in [1.807, 2.05) is 6.26 Å². The second-order valence-electron chi connectivity index (χ2n) is 7.20. The molecule has 21 nitrogen and oxygen atoms in total. The second-order valence-corrected chi connectivity index (χ2v) is 7.99. The molecule has 24 heteroatoms. The summed E-state index contributed by atoms with van der Waals surface area (Å²) in [7, 11) is 0. The van der Waals surface area contributed by atoms with Gasteiger partial charge in [0.25, 0.3) is 5.09 Å². The zero-order valence-electron chi connectivity index (χ0n) is 23.5. The van der Waals surface area contributed by atoms with Crippen molar-refractivity contribution in [3.05, 3.63) is 91.4 Å². The molecule has 3 aliphatic rings. The zero-order valence-corrected chi connectivity index (χ0v) is 27.6. The van der Waals surface area contributed by atoms with Crippen LogP contribution >= 0.6 is 11.8 Å². The zero-order chi connectivity index (χ0) is 33.3. The predicted molar refractivity (Wildman–Crippen MR) is 145 cm³/mol. The van der Waals surface area contributed by atoms with Crippen LogP contribution in [0.1, 0.15) is 0 Å². The molecule has 261 valence electrons. The van der Waals surface area contributed by atoms with Crippen LogP contribution in [0.15, 0.2) is 76.5 Å². The van der Waals surface area contributed by atoms with Crippen LogP contribution in [0.2, 0.25) is 0 Å². The van der Waals surface area contributed by atoms with Gasteiger partial charge in [0.05, 0.1) is 26.4 Å². The first-order valence-electron chi connectivity index (χ1n) is 11.7. The molecular weight excluding hydrogens is 841 g/mol. The number of rotatable bonds is 0. The van der Waals surface area contributed by atoms with Crippen molar-refractivity contribution >= 4 is 28.5 Å². The van der Waals surface area contributed by atoms with Gasteiger partial charge in [-0.1, -0.05) is 23.9 Å². The summed E-state index contributed by atoms with van der Waals surface area (Å²) in [5, 5.41) is 39.2. The largest absolute Gasteiger partial charge is 0.487 e. The molecule has 4 bridgehead atoms. The Bertz CT molecular complexity index is 1200. The topological polar surface area (TPSA) is 292 Å². The maximum Gasteiger partial charge on any atom is 0.472 e. The fraction of sp³-hybridized carbons (Fsp3) is 0.318. The molecule has 0 aromatic carbocycles. The smallest absolute Gasteiger partial charge is 0.472 e. The first kappa shape index (κ1) is 46.8. The molecule has 0 aromatic heterocycles. The molecule has 0 atom stereocenters. The van der Waals surface area contributed by atoms with E-state index in [4.69, 9.17) is 64.9 Å². The van der Waals surface area contributed by atoms with Crippen LogP contribution < -0.4 is 10.9 Å². The number of aliphatic imine (C=N–C) groups is 1. The van der Waals surface area contributed by atoms with Crippen LogP contribution in [-0.2, 0) is 45.6 Å². The summed E-state index contributed by atoms with van der Waals surface area (Å²) in [5.41, 5.74) is 6.56. The van der Waals surface area contributed by atoms with Gasteiger partial charge in [0, 0.05) is 80.6 Å². The minimum absolute atomic E-state index is 0. The summed E-state index contributed by atoms with van der Waals surface area (Å²) in [6.07, 6.45) is 14.9. The van der Waals surface area contributed by atoms with E-state index in [-0.39, 0.29) is 93.3 Å². The summed E-state index contributed by atoms with van der Waals surface area (Å²) >= 11 is 1.34. The number of carbonyl (C=O) groups excluding carboxylic acids is 2. The molecule has 1 aliphatic heterocycles. The Balaban J connectivity index is -0.00000114. The number of allylic oxidation sites excluding steroid dienone is 8. The Labute approximate surface area is 306 Å². The molecule has 1 heterocycles. The molecule has 46 heavy (non-hydrogen) atoms. The Morgan fingerprint density at radius 2 is 1.20 bits per heavy atom. The molecule has 0 unspecified atom stereocenters. The van der Waals surface area contributed by atoms with Gasteiger partial charge in [0.2, 0.25) is 11.6 Å². The standard InChI is InChI=1S/C22H25N3O6S.Cu.Gd.2H2NO3.HNO3/c1-32-22-23-14-16-4-2-6-18(20(16)26)30-12-10-28-8-9-29-11-13-31-19-7-3-5-17(21(19)27)15-24-25-22;;;3*2-1(3)4/h2-7,14-15,24H,8-13H2,1H3,(H,23,25);;;2*(H2,2,3,4);(H,2,3,4)/q;;;2*+1;. The van der Waals surface area contributed by atoms with Crippen molar-refractivity contribution < 1.29 is 127 Å². The molecule has 0 amide bonds. The SMILES string of the molecule is CSC1=NC=C2C=CC=C(OCCOCCOCCOC3=CC=CC(=CNN1)C3=O)C2=O.O=[N+](O)O.O=[N+](O)O.O=[N+]([O-])O.[Cu].[Gd]. The summed E-state index contributed by atoms with van der Waals surface area (Å²) in [6, 6.07) is 0. The van der Waals surface area contributed by atoms with E-state index in [1.54, 1.807) is 36.5 Å². The second kappa shape index (κ2) is 28.8. The Kier molecular flexibility index (Phi) is 29.3. The summed E-state index contributed by atoms with van der Waals surface area (Å²) in [6.45, 7) is 1.89. The van der Waals surface area contributed by atoms with Crippen molar-refractivity contribution in [2.24, 2.45) is 4.99 Å². The predicted octanol–water partition coefficient (Wildman–Crippen LogP) is 0.430. The van der Waals surface area contributed by atoms with E-state index < -0.39 is 15.3 Å². The third-order valence-electron chi connectivity index (χ3n) is 4.28. The van der Waals surface area contributed by atoms with Crippen molar-refractivity contribution in [3.63, 3.8) is 0 Å². The average molecular weight is 871 g/mol. The molecule has 0 saturated heterocycles. The first-order chi connectivity index (χ1) is 20.9. The molecule has 0 fully saturated rings. The number of thioether (sulfide) groups is 1. The molecule has 2 aliphatic carbocycles. The molecule has 1 radical (unpaired) electrons. The third-order valence-corrected chi connectivity index (χ3v) is 4.88. The van der Waals surface area contributed by atoms with Gasteiger partial charge in [-0.05, 0) is 30.6 Å². The van der Waals surface area contributed by atoms with Crippen molar-refractivity contribution in [2.45, 2.75) is 0 Å². The van der Waals surface area contributed by atoms with E-state index >= 15 is 0 Å². The van der Waals surface area contributed by atoms with Crippen LogP contribution in [0.25, 0.3) is 0 Å². The van der Waals surface area contributed by atoms with Crippen LogP contribution in [0.3, 0.4) is 0 Å². The monoisotopic (exact) mass is 871 g/mol. The number of hydrogen-bond donors (Lipinski definition) is 7. The number of fused-ring (bicyclic) bond motifs is 4. The fourth-order valence-electron chi connectivity index (χ4n) is 2.69. The minimum Gasteiger partial charge on any atom is -0.487 e. The first-order valence-corrected chi connectivity index (χ1v) is 13.0. The van der Waals surface area contributed by atoms with Gasteiger partial charge >= 0.3 is 10.2 Å². The van der Waals surface area contributed by atoms with Gasteiger partial charge in [-0.2, -0.15) is 0 Å². The van der Waals surface area contributed by atoms with Crippen molar-refractivity contribution in [1.82, 2.24) is 10.9 Å². The number of carbonyl (C=O) groups is 2. The average Bonchev–Trinajstić information content (AvgIpc) is 2.93. The normalized spacial score (nSPS) is 16.2. The van der Waals surface area contributed by atoms with Crippen molar-refractivity contribution in [2.75, 3.05) is 45.9 Å². The van der Waals surface area contributed by atoms with Gasteiger partial charge < -0.3 is 29.6 Å². The summed E-state index contributed by atoms with van der Waals surface area (Å²) < 4.78 is 22.0. The Morgan fingerprint density at radius 3 is 1.63 bits per heavy atom. The molecule has 3 rings (SSSR count). The summed E-state index contributed by atoms with van der Waals surface area (Å²) in [5.74, 6) is -0.0143. The van der Waals surface area contributed by atoms with Crippen molar-refractivity contribution in [1.29, 1.82) is 0 Å². The number of nitrogens with one attached hydrogen (secondary N) is 2. The quantitative estimate of drug-likeness (QED) is 0.0987. The van der Waals surface area contributed by atoms with Crippen molar-refractivity contribution in [3.8, 4) is 0 Å². The minimum atomic E-state index is -1.50. The van der Waals surface area contributed by atoms with E-state index in [9.17, 15) is 9.59 Å². The van der Waals surface area contributed by atoms with Crippen LogP contribution in [-0.4, -0.2) is 104 Å². The van der Waals surface area contributed by atoms with E-state index in [1.165, 1.54) is 24.2 Å². The molecule has 0 saturated carbocycles. The van der Waals surface area contributed by atoms with Gasteiger partial charge in [-0.25, -0.2) is 25.8 Å². The Morgan fingerprint density at radius 1 is 0.804 bits per heavy atom. The molecular formula is C22H30CuGdN6O15S+2. The van der Waals surface area contributed by atoms with E-state index in [0.717, 1.165) is 0 Å².